The normalized spacial score (nSPS) is 10.6. The van der Waals surface area contributed by atoms with Crippen molar-refractivity contribution in [2.45, 2.75) is 0 Å². The van der Waals surface area contributed by atoms with Gasteiger partial charge in [0.15, 0.2) is 0 Å². The quantitative estimate of drug-likeness (QED) is 0.562. The summed E-state index contributed by atoms with van der Waals surface area (Å²) in [6, 6.07) is 17.7. The Morgan fingerprint density at radius 2 is 1.84 bits per heavy atom. The van der Waals surface area contributed by atoms with E-state index in [-0.39, 0.29) is 0 Å². The Kier molecular flexibility index (Phi) is 4.22. The highest BCUT2D eigenvalue weighted by Gasteiger charge is 2.04. The van der Waals surface area contributed by atoms with Gasteiger partial charge in [-0.3, -0.25) is 0 Å². The molecule has 0 spiro atoms. The van der Waals surface area contributed by atoms with Gasteiger partial charge < -0.3 is 5.32 Å². The van der Waals surface area contributed by atoms with Gasteiger partial charge in [0.2, 0.25) is 5.95 Å². The van der Waals surface area contributed by atoms with Crippen molar-refractivity contribution in [2.24, 2.45) is 0 Å². The second-order valence-electron chi connectivity index (χ2n) is 5.30. The molecule has 2 heterocycles. The number of benzene rings is 2. The minimum atomic E-state index is 0.547. The summed E-state index contributed by atoms with van der Waals surface area (Å²) < 4.78 is 2.72. The molecule has 4 aromatic rings. The first-order chi connectivity index (χ1) is 12.3. The summed E-state index contributed by atoms with van der Waals surface area (Å²) >= 11 is 3.48. The van der Waals surface area contributed by atoms with Gasteiger partial charge in [0.05, 0.1) is 23.8 Å². The number of aromatic nitrogens is 5. The molecule has 1 N–H and O–H groups in total. The topological polar surface area (TPSA) is 68.5 Å². The molecular weight excluding hydrogens is 380 g/mol. The molecule has 0 radical (unpaired) electrons. The SMILES string of the molecule is Brc1cccc(-c2ccnc(Nc3ccc(-n4ccnn4)cc3)n2)c1. The predicted octanol–water partition coefficient (Wildman–Crippen LogP) is 4.23. The summed E-state index contributed by atoms with van der Waals surface area (Å²) in [7, 11) is 0. The van der Waals surface area contributed by atoms with Crippen LogP contribution in [-0.4, -0.2) is 25.0 Å². The van der Waals surface area contributed by atoms with Crippen molar-refractivity contribution in [3.05, 3.63) is 77.7 Å². The monoisotopic (exact) mass is 392 g/mol. The molecule has 2 aromatic carbocycles. The Bertz CT molecular complexity index is 983. The van der Waals surface area contributed by atoms with Crippen molar-refractivity contribution in [2.75, 3.05) is 5.32 Å². The Hall–Kier alpha value is -3.06. The van der Waals surface area contributed by atoms with Crippen LogP contribution in [0.15, 0.2) is 77.7 Å². The molecular formula is C18H13BrN6. The Balaban J connectivity index is 1.56. The number of nitrogens with zero attached hydrogens (tertiary/aromatic N) is 5. The first-order valence-electron chi connectivity index (χ1n) is 7.61. The average molecular weight is 393 g/mol. The molecule has 0 unspecified atom stereocenters. The van der Waals surface area contributed by atoms with Crippen LogP contribution in [0, 0.1) is 0 Å². The van der Waals surface area contributed by atoms with E-state index in [9.17, 15) is 0 Å². The first kappa shape index (κ1) is 15.5. The van der Waals surface area contributed by atoms with Crippen molar-refractivity contribution in [1.82, 2.24) is 25.0 Å². The van der Waals surface area contributed by atoms with Crippen LogP contribution in [0.1, 0.15) is 0 Å². The van der Waals surface area contributed by atoms with Crippen molar-refractivity contribution in [1.29, 1.82) is 0 Å². The largest absolute Gasteiger partial charge is 0.324 e. The van der Waals surface area contributed by atoms with Crippen LogP contribution in [-0.2, 0) is 0 Å². The molecule has 25 heavy (non-hydrogen) atoms. The summed E-state index contributed by atoms with van der Waals surface area (Å²) in [5.41, 5.74) is 3.72. The van der Waals surface area contributed by atoms with E-state index in [1.54, 1.807) is 23.3 Å². The maximum atomic E-state index is 4.58. The van der Waals surface area contributed by atoms with Gasteiger partial charge in [0.1, 0.15) is 0 Å². The van der Waals surface area contributed by atoms with Crippen LogP contribution >= 0.6 is 15.9 Å². The summed E-state index contributed by atoms with van der Waals surface area (Å²) in [5, 5.41) is 11.0. The van der Waals surface area contributed by atoms with Gasteiger partial charge in [-0.2, -0.15) is 0 Å². The molecule has 122 valence electrons. The summed E-state index contributed by atoms with van der Waals surface area (Å²) in [6.45, 7) is 0. The van der Waals surface area contributed by atoms with Crippen molar-refractivity contribution < 1.29 is 0 Å². The maximum absolute atomic E-state index is 4.58. The molecule has 7 heteroatoms. The molecule has 0 aliphatic carbocycles. The van der Waals surface area contributed by atoms with Crippen LogP contribution < -0.4 is 5.32 Å². The molecule has 0 aliphatic rings. The van der Waals surface area contributed by atoms with Crippen molar-refractivity contribution in [3.63, 3.8) is 0 Å². The van der Waals surface area contributed by atoms with E-state index < -0.39 is 0 Å². The third kappa shape index (κ3) is 3.56. The number of hydrogen-bond donors (Lipinski definition) is 1. The van der Waals surface area contributed by atoms with E-state index in [1.807, 2.05) is 54.6 Å². The Morgan fingerprint density at radius 1 is 0.960 bits per heavy atom. The number of anilines is 2. The van der Waals surface area contributed by atoms with Gasteiger partial charge in [-0.1, -0.05) is 33.3 Å². The van der Waals surface area contributed by atoms with Crippen LogP contribution in [0.5, 0.6) is 0 Å². The van der Waals surface area contributed by atoms with E-state index in [1.165, 1.54) is 0 Å². The number of nitrogens with one attached hydrogen (secondary N) is 1. The minimum Gasteiger partial charge on any atom is -0.324 e. The smallest absolute Gasteiger partial charge is 0.227 e. The minimum absolute atomic E-state index is 0.547. The molecule has 0 aliphatic heterocycles. The van der Waals surface area contributed by atoms with Gasteiger partial charge in [-0.25, -0.2) is 14.6 Å². The fourth-order valence-electron chi connectivity index (χ4n) is 2.40. The highest BCUT2D eigenvalue weighted by molar-refractivity contribution is 9.10. The van der Waals surface area contributed by atoms with E-state index >= 15 is 0 Å². The third-order valence-corrected chi connectivity index (χ3v) is 4.08. The first-order valence-corrected chi connectivity index (χ1v) is 8.40. The standard InChI is InChI=1S/C18H13BrN6/c19-14-3-1-2-13(12-14)17-8-9-20-18(23-17)22-15-4-6-16(7-5-15)25-11-10-21-24-25/h1-12H,(H,20,22,23). The van der Waals surface area contributed by atoms with Crippen LogP contribution in [0.3, 0.4) is 0 Å². The zero-order chi connectivity index (χ0) is 17.1. The zero-order valence-electron chi connectivity index (χ0n) is 13.0. The van der Waals surface area contributed by atoms with Crippen LogP contribution in [0.4, 0.5) is 11.6 Å². The number of halogens is 1. The summed E-state index contributed by atoms with van der Waals surface area (Å²) in [4.78, 5) is 8.87. The van der Waals surface area contributed by atoms with Gasteiger partial charge in [0, 0.05) is 21.9 Å². The predicted molar refractivity (Wildman–Crippen MR) is 99.8 cm³/mol. The summed E-state index contributed by atoms with van der Waals surface area (Å²) in [6.07, 6.45) is 5.19. The Morgan fingerprint density at radius 3 is 2.60 bits per heavy atom. The molecule has 0 atom stereocenters. The van der Waals surface area contributed by atoms with Gasteiger partial charge >= 0.3 is 0 Å². The zero-order valence-corrected chi connectivity index (χ0v) is 14.6. The fraction of sp³-hybridized carbons (Fsp3) is 0. The maximum Gasteiger partial charge on any atom is 0.227 e. The lowest BCUT2D eigenvalue weighted by Crippen LogP contribution is -1.99. The summed E-state index contributed by atoms with van der Waals surface area (Å²) in [5.74, 6) is 0.547. The van der Waals surface area contributed by atoms with E-state index in [4.69, 9.17) is 0 Å². The highest BCUT2D eigenvalue weighted by Crippen LogP contribution is 2.23. The molecule has 2 aromatic heterocycles. The number of rotatable bonds is 4. The lowest BCUT2D eigenvalue weighted by atomic mass is 10.1. The van der Waals surface area contributed by atoms with Gasteiger partial charge in [-0.05, 0) is 42.5 Å². The van der Waals surface area contributed by atoms with Gasteiger partial charge in [-0.15, -0.1) is 5.10 Å². The number of hydrogen-bond acceptors (Lipinski definition) is 5. The van der Waals surface area contributed by atoms with E-state index in [0.717, 1.165) is 27.1 Å². The molecule has 0 fully saturated rings. The highest BCUT2D eigenvalue weighted by atomic mass is 79.9. The second-order valence-corrected chi connectivity index (χ2v) is 6.21. The van der Waals surface area contributed by atoms with E-state index in [2.05, 4.69) is 41.5 Å². The molecule has 0 bridgehead atoms. The fourth-order valence-corrected chi connectivity index (χ4v) is 2.80. The van der Waals surface area contributed by atoms with Crippen molar-refractivity contribution >= 4 is 27.6 Å². The Labute approximate surface area is 152 Å². The third-order valence-electron chi connectivity index (χ3n) is 3.59. The van der Waals surface area contributed by atoms with Crippen LogP contribution in [0.25, 0.3) is 16.9 Å². The van der Waals surface area contributed by atoms with Crippen LogP contribution in [0.2, 0.25) is 0 Å². The van der Waals surface area contributed by atoms with E-state index in [0.29, 0.717) is 5.95 Å². The second kappa shape index (κ2) is 6.82. The molecule has 4 rings (SSSR count). The molecule has 0 saturated carbocycles. The lowest BCUT2D eigenvalue weighted by molar-refractivity contribution is 0.803. The van der Waals surface area contributed by atoms with Crippen molar-refractivity contribution in [3.8, 4) is 16.9 Å². The molecule has 0 amide bonds. The average Bonchev–Trinajstić information content (AvgIpc) is 3.17. The molecule has 6 nitrogen and oxygen atoms in total. The van der Waals surface area contributed by atoms with Gasteiger partial charge in [0.25, 0.3) is 0 Å². The lowest BCUT2D eigenvalue weighted by Gasteiger charge is -2.08. The molecule has 0 saturated heterocycles.